The molecular weight excluding hydrogens is 226 g/mol. The zero-order valence-electron chi connectivity index (χ0n) is 10.7. The predicted molar refractivity (Wildman–Crippen MR) is 68.9 cm³/mol. The van der Waals surface area contributed by atoms with E-state index in [1.165, 1.54) is 5.56 Å². The van der Waals surface area contributed by atoms with E-state index in [0.29, 0.717) is 18.3 Å². The lowest BCUT2D eigenvalue weighted by molar-refractivity contribution is -0.145. The Hall–Kier alpha value is -1.35. The van der Waals surface area contributed by atoms with Crippen LogP contribution in [0.15, 0.2) is 30.3 Å². The third-order valence-electron chi connectivity index (χ3n) is 4.00. The molecule has 96 valence electrons. The maximum absolute atomic E-state index is 11.2. The Kier molecular flexibility index (Phi) is 3.08. The lowest BCUT2D eigenvalue weighted by atomic mass is 10.2. The fourth-order valence-corrected chi connectivity index (χ4v) is 2.94. The molecule has 2 aliphatic rings. The number of fused-ring (bicyclic) bond motifs is 1. The summed E-state index contributed by atoms with van der Waals surface area (Å²) in [5, 5.41) is 0. The highest BCUT2D eigenvalue weighted by atomic mass is 16.6. The summed E-state index contributed by atoms with van der Waals surface area (Å²) < 4.78 is 5.41. The smallest absolute Gasteiger partial charge is 0.305 e. The van der Waals surface area contributed by atoms with E-state index in [2.05, 4.69) is 29.2 Å². The summed E-state index contributed by atoms with van der Waals surface area (Å²) in [4.78, 5) is 13.7. The lowest BCUT2D eigenvalue weighted by Crippen LogP contribution is -2.26. The molecule has 2 atom stereocenters. The van der Waals surface area contributed by atoms with Crippen molar-refractivity contribution in [3.8, 4) is 0 Å². The average molecular weight is 245 g/mol. The number of carbonyl (C=O) groups is 1. The first-order valence-electron chi connectivity index (χ1n) is 6.73. The van der Waals surface area contributed by atoms with Crippen molar-refractivity contribution < 1.29 is 9.53 Å². The van der Waals surface area contributed by atoms with Crippen LogP contribution in [0.5, 0.6) is 0 Å². The van der Waals surface area contributed by atoms with Crippen LogP contribution in [0.4, 0.5) is 0 Å². The molecule has 0 radical (unpaired) electrons. The maximum Gasteiger partial charge on any atom is 0.305 e. The molecule has 2 unspecified atom stereocenters. The first-order chi connectivity index (χ1) is 8.78. The highest BCUT2D eigenvalue weighted by Gasteiger charge is 2.58. The highest BCUT2D eigenvalue weighted by Crippen LogP contribution is 2.48. The third kappa shape index (κ3) is 2.27. The molecule has 1 aromatic carbocycles. The van der Waals surface area contributed by atoms with E-state index < -0.39 is 0 Å². The van der Waals surface area contributed by atoms with Crippen LogP contribution in [-0.2, 0) is 16.1 Å². The van der Waals surface area contributed by atoms with E-state index in [0.717, 1.165) is 19.6 Å². The zero-order chi connectivity index (χ0) is 12.5. The van der Waals surface area contributed by atoms with Gasteiger partial charge in [0, 0.05) is 37.9 Å². The summed E-state index contributed by atoms with van der Waals surface area (Å²) >= 11 is 0. The number of nitrogens with zero attached hydrogens (tertiary/aromatic N) is 1. The second-order valence-corrected chi connectivity index (χ2v) is 5.32. The van der Waals surface area contributed by atoms with E-state index in [1.807, 2.05) is 13.0 Å². The molecule has 1 aromatic rings. The summed E-state index contributed by atoms with van der Waals surface area (Å²) in [6.45, 7) is 5.01. The van der Waals surface area contributed by atoms with Gasteiger partial charge in [0.1, 0.15) is 6.10 Å². The Morgan fingerprint density at radius 2 is 1.94 bits per heavy atom. The first kappa shape index (κ1) is 11.7. The number of carbonyl (C=O) groups excluding carboxylic acids is 1. The van der Waals surface area contributed by atoms with Gasteiger partial charge in [0.25, 0.3) is 0 Å². The molecule has 0 aromatic heterocycles. The van der Waals surface area contributed by atoms with Gasteiger partial charge in [0.2, 0.25) is 0 Å². The van der Waals surface area contributed by atoms with E-state index in [4.69, 9.17) is 4.74 Å². The van der Waals surface area contributed by atoms with Gasteiger partial charge in [0.05, 0.1) is 0 Å². The van der Waals surface area contributed by atoms with Crippen molar-refractivity contribution in [2.24, 2.45) is 11.8 Å². The van der Waals surface area contributed by atoms with Crippen molar-refractivity contribution in [1.29, 1.82) is 0 Å². The maximum atomic E-state index is 11.2. The van der Waals surface area contributed by atoms with Crippen molar-refractivity contribution in [1.82, 2.24) is 4.90 Å². The molecule has 18 heavy (non-hydrogen) atoms. The van der Waals surface area contributed by atoms with Gasteiger partial charge >= 0.3 is 5.97 Å². The molecule has 0 bridgehead atoms. The summed E-state index contributed by atoms with van der Waals surface area (Å²) in [6, 6.07) is 10.5. The molecule has 3 rings (SSSR count). The largest absolute Gasteiger partial charge is 0.462 e. The van der Waals surface area contributed by atoms with Crippen LogP contribution in [0.2, 0.25) is 0 Å². The first-order valence-corrected chi connectivity index (χ1v) is 6.73. The molecule has 0 N–H and O–H groups in total. The van der Waals surface area contributed by atoms with Crippen LogP contribution in [0.1, 0.15) is 18.9 Å². The number of esters is 1. The Morgan fingerprint density at radius 1 is 1.28 bits per heavy atom. The summed E-state index contributed by atoms with van der Waals surface area (Å²) in [6.07, 6.45) is 0.702. The number of ether oxygens (including phenoxy) is 1. The van der Waals surface area contributed by atoms with Crippen LogP contribution in [-0.4, -0.2) is 30.1 Å². The Bertz CT molecular complexity index is 419. The third-order valence-corrected chi connectivity index (χ3v) is 4.00. The molecule has 0 spiro atoms. The molecule has 1 saturated heterocycles. The summed E-state index contributed by atoms with van der Waals surface area (Å²) in [7, 11) is 0. The van der Waals surface area contributed by atoms with Gasteiger partial charge < -0.3 is 4.74 Å². The Morgan fingerprint density at radius 3 is 2.56 bits per heavy atom. The van der Waals surface area contributed by atoms with Crippen molar-refractivity contribution in [3.05, 3.63) is 35.9 Å². The van der Waals surface area contributed by atoms with Crippen LogP contribution in [0, 0.1) is 11.8 Å². The van der Waals surface area contributed by atoms with Gasteiger partial charge in [-0.25, -0.2) is 0 Å². The fraction of sp³-hybridized carbons (Fsp3) is 0.533. The number of benzene rings is 1. The molecule has 1 heterocycles. The number of rotatable bonds is 4. The van der Waals surface area contributed by atoms with E-state index >= 15 is 0 Å². The monoisotopic (exact) mass is 245 g/mol. The molecule has 3 heteroatoms. The number of piperidine rings is 1. The van der Waals surface area contributed by atoms with Crippen LogP contribution >= 0.6 is 0 Å². The molecule has 0 amide bonds. The second kappa shape index (κ2) is 4.73. The van der Waals surface area contributed by atoms with Crippen LogP contribution in [0.3, 0.4) is 0 Å². The molecule has 3 nitrogen and oxygen atoms in total. The van der Waals surface area contributed by atoms with Crippen molar-refractivity contribution in [2.75, 3.05) is 13.1 Å². The molecule has 1 saturated carbocycles. The normalized spacial score (nSPS) is 29.9. The zero-order valence-corrected chi connectivity index (χ0v) is 10.7. The fourth-order valence-electron chi connectivity index (χ4n) is 2.94. The Labute approximate surface area is 108 Å². The van der Waals surface area contributed by atoms with Crippen molar-refractivity contribution >= 4 is 5.97 Å². The topological polar surface area (TPSA) is 29.5 Å². The minimum Gasteiger partial charge on any atom is -0.462 e. The van der Waals surface area contributed by atoms with Crippen LogP contribution in [0.25, 0.3) is 0 Å². The number of likely N-dealkylation sites (tertiary alicyclic amines) is 1. The van der Waals surface area contributed by atoms with Gasteiger partial charge in [0.15, 0.2) is 0 Å². The minimum absolute atomic E-state index is 0.0518. The predicted octanol–water partition coefficient (Wildman–Crippen LogP) is 2.07. The van der Waals surface area contributed by atoms with Crippen LogP contribution < -0.4 is 0 Å². The van der Waals surface area contributed by atoms with E-state index in [1.54, 1.807) is 0 Å². The lowest BCUT2D eigenvalue weighted by Gasteiger charge is -2.19. The number of hydrogen-bond donors (Lipinski definition) is 0. The molecule has 1 aliphatic heterocycles. The van der Waals surface area contributed by atoms with Gasteiger partial charge in [-0.3, -0.25) is 9.69 Å². The second-order valence-electron chi connectivity index (χ2n) is 5.32. The molecule has 2 fully saturated rings. The SMILES string of the molecule is CCC(=O)OC1C2CN(Cc3ccccc3)CC21. The van der Waals surface area contributed by atoms with Gasteiger partial charge in [-0.2, -0.15) is 0 Å². The Balaban J connectivity index is 1.48. The highest BCUT2D eigenvalue weighted by molar-refractivity contribution is 5.69. The van der Waals surface area contributed by atoms with Gasteiger partial charge in [-0.1, -0.05) is 37.3 Å². The van der Waals surface area contributed by atoms with E-state index in [9.17, 15) is 4.79 Å². The van der Waals surface area contributed by atoms with Gasteiger partial charge in [-0.15, -0.1) is 0 Å². The quantitative estimate of drug-likeness (QED) is 0.761. The van der Waals surface area contributed by atoms with E-state index in [-0.39, 0.29) is 12.1 Å². The minimum atomic E-state index is -0.0518. The summed E-state index contributed by atoms with van der Waals surface area (Å²) in [5.74, 6) is 1.12. The standard InChI is InChI=1S/C15H19NO2/c1-2-14(17)18-15-12-9-16(10-13(12)15)8-11-6-4-3-5-7-11/h3-7,12-13,15H,2,8-10H2,1H3. The van der Waals surface area contributed by atoms with Gasteiger partial charge in [-0.05, 0) is 5.56 Å². The van der Waals surface area contributed by atoms with Crippen molar-refractivity contribution in [2.45, 2.75) is 26.0 Å². The van der Waals surface area contributed by atoms with Crippen molar-refractivity contribution in [3.63, 3.8) is 0 Å². The number of hydrogen-bond acceptors (Lipinski definition) is 3. The molecule has 1 aliphatic carbocycles. The summed E-state index contributed by atoms with van der Waals surface area (Å²) in [5.41, 5.74) is 1.36. The molecular formula is C15H19NO2. The average Bonchev–Trinajstić information content (AvgIpc) is 2.85.